The summed E-state index contributed by atoms with van der Waals surface area (Å²) in [5.41, 5.74) is 2.77. The number of benzene rings is 1. The number of hydrogen-bond acceptors (Lipinski definition) is 7. The first-order valence-electron chi connectivity index (χ1n) is 8.31. The van der Waals surface area contributed by atoms with Crippen LogP contribution in [0.5, 0.6) is 0 Å². The highest BCUT2D eigenvalue weighted by molar-refractivity contribution is 7.08. The maximum Gasteiger partial charge on any atom is 0.248 e. The molecule has 1 aromatic carbocycles. The Morgan fingerprint density at radius 1 is 1.19 bits per heavy atom. The molecule has 2 aromatic heterocycles. The van der Waals surface area contributed by atoms with E-state index >= 15 is 0 Å². The van der Waals surface area contributed by atoms with E-state index in [1.165, 1.54) is 4.80 Å². The minimum Gasteiger partial charge on any atom is -0.378 e. The molecule has 0 atom stereocenters. The zero-order valence-electron chi connectivity index (χ0n) is 14.0. The lowest BCUT2D eigenvalue weighted by atomic mass is 10.2. The number of anilines is 2. The lowest BCUT2D eigenvalue weighted by molar-refractivity contribution is -0.117. The Labute approximate surface area is 154 Å². The monoisotopic (exact) mass is 370 g/mol. The number of thiophene rings is 1. The SMILES string of the molecule is O=C(Cn1nnc(-c2ccsc2)n1)Nc1ccc(N2CCOCC2)cc1. The van der Waals surface area contributed by atoms with Gasteiger partial charge in [0.25, 0.3) is 0 Å². The van der Waals surface area contributed by atoms with Crippen molar-refractivity contribution in [2.24, 2.45) is 0 Å². The van der Waals surface area contributed by atoms with Crippen LogP contribution < -0.4 is 10.2 Å². The van der Waals surface area contributed by atoms with E-state index in [1.807, 2.05) is 41.1 Å². The van der Waals surface area contributed by atoms with E-state index in [4.69, 9.17) is 4.74 Å². The zero-order valence-corrected chi connectivity index (χ0v) is 14.9. The quantitative estimate of drug-likeness (QED) is 0.738. The standard InChI is InChI=1S/C17H18N6O2S/c24-16(11-23-20-17(19-21-23)13-5-10-26-12-13)18-14-1-3-15(4-2-14)22-6-8-25-9-7-22/h1-5,10,12H,6-9,11H2,(H,18,24). The second kappa shape index (κ2) is 7.63. The van der Waals surface area contributed by atoms with Crippen LogP contribution in [0.1, 0.15) is 0 Å². The highest BCUT2D eigenvalue weighted by Gasteiger charge is 2.12. The van der Waals surface area contributed by atoms with Gasteiger partial charge in [-0.2, -0.15) is 16.1 Å². The minimum absolute atomic E-state index is 0.0162. The highest BCUT2D eigenvalue weighted by atomic mass is 32.1. The Balaban J connectivity index is 1.34. The average molecular weight is 370 g/mol. The Hall–Kier alpha value is -2.78. The summed E-state index contributed by atoms with van der Waals surface area (Å²) in [6.45, 7) is 3.28. The van der Waals surface area contributed by atoms with Crippen LogP contribution in [0.25, 0.3) is 11.4 Å². The van der Waals surface area contributed by atoms with Gasteiger partial charge in [-0.05, 0) is 40.9 Å². The molecule has 3 heterocycles. The largest absolute Gasteiger partial charge is 0.378 e. The van der Waals surface area contributed by atoms with Gasteiger partial charge >= 0.3 is 0 Å². The van der Waals surface area contributed by atoms with E-state index in [9.17, 15) is 4.79 Å². The van der Waals surface area contributed by atoms with Crippen molar-refractivity contribution in [3.8, 4) is 11.4 Å². The molecule has 3 aromatic rings. The molecule has 0 saturated carbocycles. The normalized spacial score (nSPS) is 14.4. The van der Waals surface area contributed by atoms with Crippen LogP contribution in [-0.4, -0.2) is 52.4 Å². The molecule has 0 bridgehead atoms. The third-order valence-corrected chi connectivity index (χ3v) is 4.73. The number of morpholine rings is 1. The Bertz CT molecular complexity index is 856. The van der Waals surface area contributed by atoms with Crippen molar-refractivity contribution >= 4 is 28.6 Å². The van der Waals surface area contributed by atoms with Crippen LogP contribution in [0.4, 0.5) is 11.4 Å². The molecule has 1 N–H and O–H groups in total. The Morgan fingerprint density at radius 2 is 2.00 bits per heavy atom. The van der Waals surface area contributed by atoms with Crippen LogP contribution in [0.2, 0.25) is 0 Å². The predicted octanol–water partition coefficient (Wildman–Crippen LogP) is 1.88. The molecular formula is C17H18N6O2S. The molecule has 4 rings (SSSR count). The van der Waals surface area contributed by atoms with Crippen LogP contribution in [0.3, 0.4) is 0 Å². The number of tetrazole rings is 1. The van der Waals surface area contributed by atoms with Crippen LogP contribution >= 0.6 is 11.3 Å². The minimum atomic E-state index is -0.196. The summed E-state index contributed by atoms with van der Waals surface area (Å²) in [6, 6.07) is 9.72. The van der Waals surface area contributed by atoms with Crippen molar-refractivity contribution < 1.29 is 9.53 Å². The van der Waals surface area contributed by atoms with Gasteiger partial charge in [0.05, 0.1) is 13.2 Å². The van der Waals surface area contributed by atoms with Crippen molar-refractivity contribution in [3.05, 3.63) is 41.1 Å². The average Bonchev–Trinajstić information content (AvgIpc) is 3.35. The summed E-state index contributed by atoms with van der Waals surface area (Å²) < 4.78 is 5.36. The molecule has 0 unspecified atom stereocenters. The molecule has 134 valence electrons. The Kier molecular flexibility index (Phi) is 4.89. The van der Waals surface area contributed by atoms with E-state index in [1.54, 1.807) is 11.3 Å². The van der Waals surface area contributed by atoms with Gasteiger partial charge in [0.15, 0.2) is 0 Å². The first-order valence-corrected chi connectivity index (χ1v) is 9.25. The number of rotatable bonds is 5. The van der Waals surface area contributed by atoms with Gasteiger partial charge in [-0.25, -0.2) is 0 Å². The topological polar surface area (TPSA) is 85.2 Å². The molecule has 0 radical (unpaired) electrons. The van der Waals surface area contributed by atoms with E-state index in [2.05, 4.69) is 25.6 Å². The molecule has 1 saturated heterocycles. The third kappa shape index (κ3) is 3.89. The smallest absolute Gasteiger partial charge is 0.248 e. The van der Waals surface area contributed by atoms with Gasteiger partial charge in [-0.1, -0.05) is 0 Å². The van der Waals surface area contributed by atoms with Crippen LogP contribution in [0, 0.1) is 0 Å². The molecule has 9 heteroatoms. The number of nitrogens with one attached hydrogen (secondary N) is 1. The predicted molar refractivity (Wildman–Crippen MR) is 99.2 cm³/mol. The van der Waals surface area contributed by atoms with E-state index in [0.717, 1.165) is 43.2 Å². The lowest BCUT2D eigenvalue weighted by Crippen LogP contribution is -2.36. The third-order valence-electron chi connectivity index (χ3n) is 4.04. The molecule has 0 aliphatic carbocycles. The number of carbonyl (C=O) groups is 1. The number of nitrogens with zero attached hydrogens (tertiary/aromatic N) is 5. The second-order valence-electron chi connectivity index (χ2n) is 5.85. The molecule has 1 amide bonds. The fourth-order valence-corrected chi connectivity index (χ4v) is 3.36. The van der Waals surface area contributed by atoms with Crippen molar-refractivity contribution in [2.45, 2.75) is 6.54 Å². The fourth-order valence-electron chi connectivity index (χ4n) is 2.72. The van der Waals surface area contributed by atoms with Crippen molar-refractivity contribution in [1.29, 1.82) is 0 Å². The summed E-state index contributed by atoms with van der Waals surface area (Å²) in [5, 5.41) is 18.9. The van der Waals surface area contributed by atoms with Gasteiger partial charge in [-0.15, -0.1) is 10.2 Å². The maximum absolute atomic E-state index is 12.2. The first kappa shape index (κ1) is 16.7. The molecular weight excluding hydrogens is 352 g/mol. The second-order valence-corrected chi connectivity index (χ2v) is 6.63. The van der Waals surface area contributed by atoms with E-state index in [0.29, 0.717) is 5.82 Å². The number of hydrogen-bond donors (Lipinski definition) is 1. The van der Waals surface area contributed by atoms with E-state index in [-0.39, 0.29) is 12.5 Å². The highest BCUT2D eigenvalue weighted by Crippen LogP contribution is 2.19. The van der Waals surface area contributed by atoms with Crippen molar-refractivity contribution in [2.75, 3.05) is 36.5 Å². The number of carbonyl (C=O) groups excluding carboxylic acids is 1. The van der Waals surface area contributed by atoms with Gasteiger partial charge in [0.1, 0.15) is 6.54 Å². The number of ether oxygens (including phenoxy) is 1. The lowest BCUT2D eigenvalue weighted by Gasteiger charge is -2.28. The summed E-state index contributed by atoms with van der Waals surface area (Å²) in [7, 11) is 0. The molecule has 0 spiro atoms. The summed E-state index contributed by atoms with van der Waals surface area (Å²) >= 11 is 1.56. The van der Waals surface area contributed by atoms with Crippen molar-refractivity contribution in [3.63, 3.8) is 0 Å². The van der Waals surface area contributed by atoms with Crippen LogP contribution in [0.15, 0.2) is 41.1 Å². The molecule has 1 fully saturated rings. The van der Waals surface area contributed by atoms with Gasteiger partial charge in [0.2, 0.25) is 11.7 Å². The molecule has 1 aliphatic heterocycles. The first-order chi connectivity index (χ1) is 12.8. The fraction of sp³-hybridized carbons (Fsp3) is 0.294. The maximum atomic E-state index is 12.2. The van der Waals surface area contributed by atoms with Gasteiger partial charge in [0, 0.05) is 35.4 Å². The van der Waals surface area contributed by atoms with E-state index < -0.39 is 0 Å². The van der Waals surface area contributed by atoms with Crippen LogP contribution in [-0.2, 0) is 16.1 Å². The molecule has 26 heavy (non-hydrogen) atoms. The number of amides is 1. The zero-order chi connectivity index (χ0) is 17.8. The Morgan fingerprint density at radius 3 is 2.73 bits per heavy atom. The van der Waals surface area contributed by atoms with Crippen molar-refractivity contribution in [1.82, 2.24) is 20.2 Å². The summed E-state index contributed by atoms with van der Waals surface area (Å²) in [6.07, 6.45) is 0. The summed E-state index contributed by atoms with van der Waals surface area (Å²) in [4.78, 5) is 15.8. The number of aromatic nitrogens is 4. The van der Waals surface area contributed by atoms with Gasteiger partial charge < -0.3 is 15.0 Å². The molecule has 8 nitrogen and oxygen atoms in total. The summed E-state index contributed by atoms with van der Waals surface area (Å²) in [5.74, 6) is 0.326. The van der Waals surface area contributed by atoms with Gasteiger partial charge in [-0.3, -0.25) is 4.79 Å². The molecule has 1 aliphatic rings.